The number of aromatic nitrogens is 1. The van der Waals surface area contributed by atoms with Crippen LogP contribution in [0.15, 0.2) is 22.8 Å². The van der Waals surface area contributed by atoms with E-state index >= 15 is 0 Å². The predicted molar refractivity (Wildman–Crippen MR) is 61.8 cm³/mol. The summed E-state index contributed by atoms with van der Waals surface area (Å²) < 4.78 is 21.5. The lowest BCUT2D eigenvalue weighted by atomic mass is 10.2. The van der Waals surface area contributed by atoms with Gasteiger partial charge in [0.1, 0.15) is 5.82 Å². The first-order chi connectivity index (χ1) is 7.19. The highest BCUT2D eigenvalue weighted by Gasteiger charge is 2.14. The molecule has 80 valence electrons. The Morgan fingerprint density at radius 1 is 1.53 bits per heavy atom. The second-order valence-corrected chi connectivity index (χ2v) is 4.09. The van der Waals surface area contributed by atoms with Gasteiger partial charge in [-0.25, -0.2) is 4.39 Å². The molecule has 0 bridgehead atoms. The van der Waals surface area contributed by atoms with E-state index in [2.05, 4.69) is 15.9 Å². The summed E-state index contributed by atoms with van der Waals surface area (Å²) in [6, 6.07) is 3.20. The first kappa shape index (κ1) is 10.5. The third kappa shape index (κ3) is 1.53. The van der Waals surface area contributed by atoms with Gasteiger partial charge in [0.15, 0.2) is 5.75 Å². The van der Waals surface area contributed by atoms with Crippen LogP contribution in [-0.4, -0.2) is 11.7 Å². The van der Waals surface area contributed by atoms with E-state index < -0.39 is 0 Å². The number of halogens is 2. The van der Waals surface area contributed by atoms with Crippen molar-refractivity contribution in [3.05, 3.63) is 28.6 Å². The van der Waals surface area contributed by atoms with Crippen LogP contribution < -0.4 is 4.74 Å². The van der Waals surface area contributed by atoms with Crippen molar-refractivity contribution in [2.75, 3.05) is 7.11 Å². The maximum Gasteiger partial charge on any atom is 0.157 e. The van der Waals surface area contributed by atoms with Gasteiger partial charge in [-0.3, -0.25) is 0 Å². The molecule has 0 saturated heterocycles. The molecule has 2 nitrogen and oxygen atoms in total. The summed E-state index contributed by atoms with van der Waals surface area (Å²) in [6.45, 7) is 2.80. The molecule has 0 spiro atoms. The molecule has 0 saturated carbocycles. The van der Waals surface area contributed by atoms with Gasteiger partial charge in [0.2, 0.25) is 0 Å². The van der Waals surface area contributed by atoms with Gasteiger partial charge in [-0.15, -0.1) is 0 Å². The molecule has 0 N–H and O–H groups in total. The average molecular weight is 272 g/mol. The van der Waals surface area contributed by atoms with Gasteiger partial charge in [-0.2, -0.15) is 0 Å². The second-order valence-electron chi connectivity index (χ2n) is 3.24. The summed E-state index contributed by atoms with van der Waals surface area (Å²) >= 11 is 3.30. The fourth-order valence-corrected chi connectivity index (χ4v) is 2.29. The lowest BCUT2D eigenvalue weighted by Gasteiger charge is -2.09. The maximum atomic E-state index is 13.6. The highest BCUT2D eigenvalue weighted by Crippen LogP contribution is 2.35. The zero-order chi connectivity index (χ0) is 11.0. The van der Waals surface area contributed by atoms with Crippen LogP contribution in [0.5, 0.6) is 5.75 Å². The van der Waals surface area contributed by atoms with Crippen LogP contribution in [-0.2, 0) is 6.54 Å². The SMILES string of the molecule is CCn1ccc2c(F)cc(Br)c(OC)c21. The Morgan fingerprint density at radius 3 is 2.87 bits per heavy atom. The molecule has 1 aromatic heterocycles. The van der Waals surface area contributed by atoms with E-state index in [4.69, 9.17) is 4.74 Å². The second kappa shape index (κ2) is 3.85. The van der Waals surface area contributed by atoms with Crippen molar-refractivity contribution < 1.29 is 9.13 Å². The normalized spacial score (nSPS) is 10.9. The molecule has 0 aliphatic heterocycles. The maximum absolute atomic E-state index is 13.6. The van der Waals surface area contributed by atoms with Crippen LogP contribution in [0.4, 0.5) is 4.39 Å². The third-order valence-electron chi connectivity index (χ3n) is 2.45. The molecule has 1 heterocycles. The van der Waals surface area contributed by atoms with E-state index in [9.17, 15) is 4.39 Å². The van der Waals surface area contributed by atoms with E-state index in [-0.39, 0.29) is 5.82 Å². The minimum absolute atomic E-state index is 0.232. The fourth-order valence-electron chi connectivity index (χ4n) is 1.74. The molecule has 2 aromatic rings. The molecule has 0 amide bonds. The topological polar surface area (TPSA) is 14.2 Å². The van der Waals surface area contributed by atoms with Crippen molar-refractivity contribution in [2.24, 2.45) is 0 Å². The first-order valence-electron chi connectivity index (χ1n) is 4.69. The molecule has 1 aromatic carbocycles. The Labute approximate surface area is 95.8 Å². The Morgan fingerprint density at radius 2 is 2.27 bits per heavy atom. The van der Waals surface area contributed by atoms with E-state index in [1.807, 2.05) is 17.7 Å². The molecule has 0 radical (unpaired) electrons. The van der Waals surface area contributed by atoms with E-state index in [1.54, 1.807) is 13.2 Å². The molecule has 0 atom stereocenters. The van der Waals surface area contributed by atoms with Crippen LogP contribution in [0.1, 0.15) is 6.92 Å². The highest BCUT2D eigenvalue weighted by atomic mass is 79.9. The van der Waals surface area contributed by atoms with Crippen LogP contribution in [0.25, 0.3) is 10.9 Å². The van der Waals surface area contributed by atoms with Crippen molar-refractivity contribution in [3.8, 4) is 5.75 Å². The molecular weight excluding hydrogens is 261 g/mol. The Hall–Kier alpha value is -1.03. The van der Waals surface area contributed by atoms with Crippen LogP contribution in [0.3, 0.4) is 0 Å². The van der Waals surface area contributed by atoms with Crippen LogP contribution in [0.2, 0.25) is 0 Å². The Balaban J connectivity index is 2.89. The zero-order valence-electron chi connectivity index (χ0n) is 8.55. The van der Waals surface area contributed by atoms with Gasteiger partial charge in [-0.05, 0) is 35.0 Å². The first-order valence-corrected chi connectivity index (χ1v) is 5.49. The lowest BCUT2D eigenvalue weighted by Crippen LogP contribution is -1.96. The minimum atomic E-state index is -0.232. The van der Waals surface area contributed by atoms with Gasteiger partial charge in [0.05, 0.1) is 17.1 Å². The number of fused-ring (bicyclic) bond motifs is 1. The molecule has 0 aliphatic carbocycles. The van der Waals surface area contributed by atoms with Gasteiger partial charge in [0.25, 0.3) is 0 Å². The number of aryl methyl sites for hydroxylation is 1. The molecule has 0 unspecified atom stereocenters. The van der Waals surface area contributed by atoms with Crippen LogP contribution >= 0.6 is 15.9 Å². The number of benzene rings is 1. The molecule has 2 rings (SSSR count). The van der Waals surface area contributed by atoms with Crippen molar-refractivity contribution in [2.45, 2.75) is 13.5 Å². The van der Waals surface area contributed by atoms with E-state index in [0.29, 0.717) is 15.6 Å². The Bertz CT molecular complexity index is 507. The summed E-state index contributed by atoms with van der Waals surface area (Å²) in [4.78, 5) is 0. The summed E-state index contributed by atoms with van der Waals surface area (Å²) in [5, 5.41) is 0.594. The van der Waals surface area contributed by atoms with Crippen molar-refractivity contribution in [1.29, 1.82) is 0 Å². The van der Waals surface area contributed by atoms with Gasteiger partial charge >= 0.3 is 0 Å². The number of rotatable bonds is 2. The molecule has 0 aliphatic rings. The van der Waals surface area contributed by atoms with Crippen molar-refractivity contribution >= 4 is 26.8 Å². The summed E-state index contributed by atoms with van der Waals surface area (Å²) in [7, 11) is 1.59. The third-order valence-corrected chi connectivity index (χ3v) is 3.04. The lowest BCUT2D eigenvalue weighted by molar-refractivity contribution is 0.414. The molecule has 15 heavy (non-hydrogen) atoms. The number of methoxy groups -OCH3 is 1. The molecular formula is C11H11BrFNO. The van der Waals surface area contributed by atoms with Crippen molar-refractivity contribution in [3.63, 3.8) is 0 Å². The number of hydrogen-bond acceptors (Lipinski definition) is 1. The standard InChI is InChI=1S/C11H11BrFNO/c1-3-14-5-4-7-9(13)6-8(12)11(15-2)10(7)14/h4-6H,3H2,1-2H3. The van der Waals surface area contributed by atoms with Gasteiger partial charge in [-0.1, -0.05) is 0 Å². The highest BCUT2D eigenvalue weighted by molar-refractivity contribution is 9.10. The fraction of sp³-hybridized carbons (Fsp3) is 0.273. The quantitative estimate of drug-likeness (QED) is 0.815. The van der Waals surface area contributed by atoms with Crippen molar-refractivity contribution in [1.82, 2.24) is 4.57 Å². The summed E-state index contributed by atoms with van der Waals surface area (Å²) in [5.41, 5.74) is 0.798. The van der Waals surface area contributed by atoms with E-state index in [0.717, 1.165) is 12.1 Å². The smallest absolute Gasteiger partial charge is 0.157 e. The van der Waals surface area contributed by atoms with Gasteiger partial charge in [0, 0.05) is 18.1 Å². The number of ether oxygens (including phenoxy) is 1. The minimum Gasteiger partial charge on any atom is -0.493 e. The number of hydrogen-bond donors (Lipinski definition) is 0. The molecule has 4 heteroatoms. The predicted octanol–water partition coefficient (Wildman–Crippen LogP) is 3.57. The average Bonchev–Trinajstić information content (AvgIpc) is 2.62. The van der Waals surface area contributed by atoms with Gasteiger partial charge < -0.3 is 9.30 Å². The van der Waals surface area contributed by atoms with E-state index in [1.165, 1.54) is 6.07 Å². The zero-order valence-corrected chi connectivity index (χ0v) is 10.1. The largest absolute Gasteiger partial charge is 0.493 e. The summed E-state index contributed by atoms with van der Waals surface area (Å²) in [5.74, 6) is 0.447. The molecule has 0 fully saturated rings. The number of nitrogens with zero attached hydrogens (tertiary/aromatic N) is 1. The Kier molecular flexibility index (Phi) is 2.69. The monoisotopic (exact) mass is 271 g/mol. The summed E-state index contributed by atoms with van der Waals surface area (Å²) in [6.07, 6.45) is 1.86. The van der Waals surface area contributed by atoms with Crippen LogP contribution in [0, 0.1) is 5.82 Å².